The maximum Gasteiger partial charge on any atom is 0.280 e. The first-order valence-electron chi connectivity index (χ1n) is 4.82. The average Bonchev–Trinajstić information content (AvgIpc) is 2.77. The SMILES string of the molecule is Cc1ncsc1CCCc1cc(=O)[nH]o1. The van der Waals surface area contributed by atoms with E-state index in [1.807, 2.05) is 12.4 Å². The van der Waals surface area contributed by atoms with E-state index in [1.165, 1.54) is 10.9 Å². The van der Waals surface area contributed by atoms with Crippen molar-refractivity contribution in [1.82, 2.24) is 10.1 Å². The van der Waals surface area contributed by atoms with Crippen molar-refractivity contribution in [2.24, 2.45) is 0 Å². The molecule has 0 spiro atoms. The van der Waals surface area contributed by atoms with Crippen LogP contribution in [0.4, 0.5) is 0 Å². The van der Waals surface area contributed by atoms with Gasteiger partial charge in [-0.15, -0.1) is 11.3 Å². The highest BCUT2D eigenvalue weighted by atomic mass is 32.1. The summed E-state index contributed by atoms with van der Waals surface area (Å²) in [6.45, 7) is 2.02. The third-order valence-electron chi connectivity index (χ3n) is 2.25. The van der Waals surface area contributed by atoms with Crippen LogP contribution in [0.25, 0.3) is 0 Å². The lowest BCUT2D eigenvalue weighted by atomic mass is 10.2. The summed E-state index contributed by atoms with van der Waals surface area (Å²) >= 11 is 1.68. The number of H-pyrrole nitrogens is 1. The minimum Gasteiger partial charge on any atom is -0.384 e. The van der Waals surface area contributed by atoms with Crippen molar-refractivity contribution < 1.29 is 4.52 Å². The van der Waals surface area contributed by atoms with Gasteiger partial charge in [0.15, 0.2) is 0 Å². The lowest BCUT2D eigenvalue weighted by Gasteiger charge is -1.96. The van der Waals surface area contributed by atoms with E-state index in [-0.39, 0.29) is 5.56 Å². The van der Waals surface area contributed by atoms with Gasteiger partial charge in [0, 0.05) is 17.4 Å². The normalized spacial score (nSPS) is 10.7. The number of aromatic amines is 1. The molecule has 0 amide bonds. The van der Waals surface area contributed by atoms with Gasteiger partial charge in [0.05, 0.1) is 11.2 Å². The molecule has 2 aromatic rings. The van der Waals surface area contributed by atoms with Crippen molar-refractivity contribution >= 4 is 11.3 Å². The molecule has 0 fully saturated rings. The van der Waals surface area contributed by atoms with Gasteiger partial charge in [0.25, 0.3) is 5.56 Å². The Morgan fingerprint density at radius 1 is 1.53 bits per heavy atom. The molecule has 0 atom stereocenters. The molecule has 0 saturated carbocycles. The molecule has 1 N–H and O–H groups in total. The summed E-state index contributed by atoms with van der Waals surface area (Å²) in [5.74, 6) is 0.724. The molecule has 0 unspecified atom stereocenters. The van der Waals surface area contributed by atoms with Gasteiger partial charge in [0.1, 0.15) is 5.76 Å². The van der Waals surface area contributed by atoms with Gasteiger partial charge >= 0.3 is 0 Å². The summed E-state index contributed by atoms with van der Waals surface area (Å²) in [5, 5.41) is 2.28. The van der Waals surface area contributed by atoms with Crippen LogP contribution in [0.3, 0.4) is 0 Å². The molecule has 15 heavy (non-hydrogen) atoms. The van der Waals surface area contributed by atoms with Crippen LogP contribution in [0.15, 0.2) is 20.9 Å². The summed E-state index contributed by atoms with van der Waals surface area (Å²) in [4.78, 5) is 16.3. The van der Waals surface area contributed by atoms with Gasteiger partial charge in [-0.25, -0.2) is 4.98 Å². The molecule has 2 rings (SSSR count). The van der Waals surface area contributed by atoms with Crippen LogP contribution in [0, 0.1) is 6.92 Å². The monoisotopic (exact) mass is 224 g/mol. The number of thiazole rings is 1. The van der Waals surface area contributed by atoms with Crippen LogP contribution in [-0.4, -0.2) is 10.1 Å². The lowest BCUT2D eigenvalue weighted by molar-refractivity contribution is 0.376. The number of hydrogen-bond donors (Lipinski definition) is 1. The van der Waals surface area contributed by atoms with Crippen molar-refractivity contribution in [1.29, 1.82) is 0 Å². The quantitative estimate of drug-likeness (QED) is 0.863. The van der Waals surface area contributed by atoms with Gasteiger partial charge < -0.3 is 4.52 Å². The van der Waals surface area contributed by atoms with E-state index in [2.05, 4.69) is 10.1 Å². The minimum atomic E-state index is -0.168. The zero-order valence-electron chi connectivity index (χ0n) is 8.45. The number of aryl methyl sites for hydroxylation is 3. The van der Waals surface area contributed by atoms with Crippen molar-refractivity contribution in [2.45, 2.75) is 26.2 Å². The molecule has 0 aliphatic carbocycles. The summed E-state index contributed by atoms with van der Waals surface area (Å²) in [6.07, 6.45) is 2.76. The van der Waals surface area contributed by atoms with E-state index in [0.717, 1.165) is 30.7 Å². The number of aromatic nitrogens is 2. The summed E-state index contributed by atoms with van der Waals surface area (Å²) < 4.78 is 4.96. The fourth-order valence-electron chi connectivity index (χ4n) is 1.43. The Bertz CT molecular complexity index is 483. The molecule has 0 radical (unpaired) electrons. The van der Waals surface area contributed by atoms with Crippen LogP contribution in [0.1, 0.15) is 22.8 Å². The molecule has 0 bridgehead atoms. The molecule has 80 valence electrons. The number of hydrogen-bond acceptors (Lipinski definition) is 4. The van der Waals surface area contributed by atoms with E-state index < -0.39 is 0 Å². The predicted octanol–water partition coefficient (Wildman–Crippen LogP) is 1.91. The van der Waals surface area contributed by atoms with E-state index in [0.29, 0.717) is 0 Å². The van der Waals surface area contributed by atoms with Crippen LogP contribution < -0.4 is 5.56 Å². The van der Waals surface area contributed by atoms with Gasteiger partial charge in [-0.3, -0.25) is 4.79 Å². The van der Waals surface area contributed by atoms with Gasteiger partial charge in [0.2, 0.25) is 0 Å². The fraction of sp³-hybridized carbons (Fsp3) is 0.400. The molecular weight excluding hydrogens is 212 g/mol. The Labute approximate surface area is 90.9 Å². The van der Waals surface area contributed by atoms with Crippen LogP contribution in [-0.2, 0) is 12.8 Å². The molecule has 0 aromatic carbocycles. The average molecular weight is 224 g/mol. The van der Waals surface area contributed by atoms with E-state index in [4.69, 9.17) is 4.52 Å². The van der Waals surface area contributed by atoms with Crippen molar-refractivity contribution in [3.05, 3.63) is 38.3 Å². The summed E-state index contributed by atoms with van der Waals surface area (Å²) in [6, 6.07) is 1.50. The van der Waals surface area contributed by atoms with E-state index in [1.54, 1.807) is 11.3 Å². The zero-order chi connectivity index (χ0) is 10.7. The smallest absolute Gasteiger partial charge is 0.280 e. The highest BCUT2D eigenvalue weighted by Gasteiger charge is 2.03. The van der Waals surface area contributed by atoms with Crippen molar-refractivity contribution in [3.8, 4) is 0 Å². The maximum atomic E-state index is 10.8. The minimum absolute atomic E-state index is 0.168. The zero-order valence-corrected chi connectivity index (χ0v) is 9.26. The molecule has 2 aromatic heterocycles. The fourth-order valence-corrected chi connectivity index (χ4v) is 2.26. The first-order chi connectivity index (χ1) is 7.25. The first-order valence-corrected chi connectivity index (χ1v) is 5.70. The summed E-state index contributed by atoms with van der Waals surface area (Å²) in [5.41, 5.74) is 2.80. The highest BCUT2D eigenvalue weighted by Crippen LogP contribution is 2.15. The number of nitrogens with one attached hydrogen (secondary N) is 1. The highest BCUT2D eigenvalue weighted by molar-refractivity contribution is 7.09. The Balaban J connectivity index is 1.85. The third-order valence-corrected chi connectivity index (χ3v) is 3.24. The van der Waals surface area contributed by atoms with Gasteiger partial charge in [-0.05, 0) is 19.8 Å². The molecule has 0 saturated heterocycles. The predicted molar refractivity (Wildman–Crippen MR) is 58.2 cm³/mol. The first kappa shape index (κ1) is 10.2. The Kier molecular flexibility index (Phi) is 3.01. The summed E-state index contributed by atoms with van der Waals surface area (Å²) in [7, 11) is 0. The van der Waals surface area contributed by atoms with Crippen molar-refractivity contribution in [3.63, 3.8) is 0 Å². The van der Waals surface area contributed by atoms with E-state index >= 15 is 0 Å². The standard InChI is InChI=1S/C10H12N2O2S/c1-7-9(15-6-11-7)4-2-3-8-5-10(13)12-14-8/h5-6H,2-4H2,1H3,(H,12,13). The molecule has 0 aliphatic heterocycles. The number of rotatable bonds is 4. The lowest BCUT2D eigenvalue weighted by Crippen LogP contribution is -1.93. The second-order valence-corrected chi connectivity index (χ2v) is 4.33. The van der Waals surface area contributed by atoms with Crippen LogP contribution in [0.2, 0.25) is 0 Å². The molecule has 0 aliphatic rings. The van der Waals surface area contributed by atoms with Gasteiger partial charge in [-0.2, -0.15) is 5.16 Å². The second kappa shape index (κ2) is 4.44. The van der Waals surface area contributed by atoms with Crippen LogP contribution >= 0.6 is 11.3 Å². The third kappa shape index (κ3) is 2.56. The maximum absolute atomic E-state index is 10.8. The topological polar surface area (TPSA) is 58.9 Å². The Hall–Kier alpha value is -1.36. The molecule has 2 heterocycles. The second-order valence-electron chi connectivity index (χ2n) is 3.39. The van der Waals surface area contributed by atoms with Crippen LogP contribution in [0.5, 0.6) is 0 Å². The van der Waals surface area contributed by atoms with Crippen molar-refractivity contribution in [2.75, 3.05) is 0 Å². The largest absolute Gasteiger partial charge is 0.384 e. The Morgan fingerprint density at radius 3 is 3.00 bits per heavy atom. The Morgan fingerprint density at radius 2 is 2.40 bits per heavy atom. The van der Waals surface area contributed by atoms with E-state index in [9.17, 15) is 4.79 Å². The van der Waals surface area contributed by atoms with Gasteiger partial charge in [-0.1, -0.05) is 0 Å². The molecule has 5 heteroatoms. The molecule has 4 nitrogen and oxygen atoms in total. The number of nitrogens with zero attached hydrogens (tertiary/aromatic N) is 1. The molecular formula is C10H12N2O2S.